The molecule has 0 radical (unpaired) electrons. The Morgan fingerprint density at radius 1 is 1.17 bits per heavy atom. The van der Waals surface area contributed by atoms with Crippen molar-refractivity contribution in [3.8, 4) is 0 Å². The van der Waals surface area contributed by atoms with Gasteiger partial charge in [-0.25, -0.2) is 4.98 Å². The SMILES string of the molecule is Cc1cnc(C)n1CCCNCc1ccccc1. The van der Waals surface area contributed by atoms with E-state index < -0.39 is 0 Å². The van der Waals surface area contributed by atoms with Gasteiger partial charge in [0.05, 0.1) is 0 Å². The fourth-order valence-corrected chi connectivity index (χ4v) is 2.11. The Balaban J connectivity index is 1.68. The first-order chi connectivity index (χ1) is 8.77. The van der Waals surface area contributed by atoms with Crippen LogP contribution in [-0.2, 0) is 13.1 Å². The summed E-state index contributed by atoms with van der Waals surface area (Å²) >= 11 is 0. The van der Waals surface area contributed by atoms with Gasteiger partial charge in [-0.05, 0) is 32.4 Å². The molecule has 1 heterocycles. The second-order valence-corrected chi connectivity index (χ2v) is 4.61. The predicted octanol–water partition coefficient (Wildman–Crippen LogP) is 2.68. The predicted molar refractivity (Wildman–Crippen MR) is 74.5 cm³/mol. The van der Waals surface area contributed by atoms with Gasteiger partial charge in [0.2, 0.25) is 0 Å². The van der Waals surface area contributed by atoms with Crippen LogP contribution in [0.15, 0.2) is 36.5 Å². The molecule has 0 saturated carbocycles. The molecule has 0 bridgehead atoms. The van der Waals surface area contributed by atoms with Crippen molar-refractivity contribution in [3.05, 3.63) is 53.6 Å². The standard InChI is InChI=1S/C15H21N3/c1-13-11-17-14(2)18(13)10-6-9-16-12-15-7-4-3-5-8-15/h3-5,7-8,11,16H,6,9-10,12H2,1-2H3. The van der Waals surface area contributed by atoms with Crippen LogP contribution in [0.25, 0.3) is 0 Å². The van der Waals surface area contributed by atoms with Gasteiger partial charge in [-0.2, -0.15) is 0 Å². The Bertz CT molecular complexity index is 454. The summed E-state index contributed by atoms with van der Waals surface area (Å²) in [5.74, 6) is 1.11. The van der Waals surface area contributed by atoms with Crippen molar-refractivity contribution < 1.29 is 0 Å². The molecular weight excluding hydrogens is 222 g/mol. The summed E-state index contributed by atoms with van der Waals surface area (Å²) in [6.07, 6.45) is 3.07. The number of hydrogen-bond acceptors (Lipinski definition) is 2. The maximum Gasteiger partial charge on any atom is 0.105 e. The molecule has 2 aromatic rings. The minimum atomic E-state index is 0.947. The van der Waals surface area contributed by atoms with E-state index in [1.165, 1.54) is 11.3 Å². The van der Waals surface area contributed by atoms with Crippen molar-refractivity contribution in [2.24, 2.45) is 0 Å². The van der Waals surface area contributed by atoms with Crippen molar-refractivity contribution in [1.82, 2.24) is 14.9 Å². The fraction of sp³-hybridized carbons (Fsp3) is 0.400. The number of nitrogens with zero attached hydrogens (tertiary/aromatic N) is 2. The van der Waals surface area contributed by atoms with Crippen LogP contribution in [0.5, 0.6) is 0 Å². The number of benzene rings is 1. The first-order valence-corrected chi connectivity index (χ1v) is 6.51. The second kappa shape index (κ2) is 6.36. The van der Waals surface area contributed by atoms with Gasteiger partial charge in [0.15, 0.2) is 0 Å². The topological polar surface area (TPSA) is 29.9 Å². The third kappa shape index (κ3) is 3.44. The molecule has 1 aromatic carbocycles. The zero-order valence-corrected chi connectivity index (χ0v) is 11.2. The number of imidazole rings is 1. The summed E-state index contributed by atoms with van der Waals surface area (Å²) in [6, 6.07) is 10.5. The second-order valence-electron chi connectivity index (χ2n) is 4.61. The molecule has 3 heteroatoms. The van der Waals surface area contributed by atoms with Gasteiger partial charge in [0, 0.05) is 25.0 Å². The Kier molecular flexibility index (Phi) is 4.53. The lowest BCUT2D eigenvalue weighted by Crippen LogP contribution is -2.17. The van der Waals surface area contributed by atoms with Crippen LogP contribution in [0.1, 0.15) is 23.5 Å². The molecule has 2 rings (SSSR count). The summed E-state index contributed by atoms with van der Waals surface area (Å²) in [5, 5.41) is 3.47. The number of aromatic nitrogens is 2. The molecular formula is C15H21N3. The summed E-state index contributed by atoms with van der Waals surface area (Å²) in [5.41, 5.74) is 2.59. The smallest absolute Gasteiger partial charge is 0.105 e. The number of hydrogen-bond donors (Lipinski definition) is 1. The van der Waals surface area contributed by atoms with Crippen LogP contribution >= 0.6 is 0 Å². The number of nitrogens with one attached hydrogen (secondary N) is 1. The third-order valence-electron chi connectivity index (χ3n) is 3.16. The Morgan fingerprint density at radius 2 is 1.94 bits per heavy atom. The highest BCUT2D eigenvalue weighted by Gasteiger charge is 2.01. The van der Waals surface area contributed by atoms with E-state index in [4.69, 9.17) is 0 Å². The minimum absolute atomic E-state index is 0.947. The normalized spacial score (nSPS) is 10.8. The highest BCUT2D eigenvalue weighted by atomic mass is 15.1. The van der Waals surface area contributed by atoms with Crippen LogP contribution in [0.2, 0.25) is 0 Å². The van der Waals surface area contributed by atoms with Crippen molar-refractivity contribution in [2.75, 3.05) is 6.54 Å². The zero-order valence-electron chi connectivity index (χ0n) is 11.2. The molecule has 0 unspecified atom stereocenters. The minimum Gasteiger partial charge on any atom is -0.333 e. The van der Waals surface area contributed by atoms with Crippen molar-refractivity contribution in [1.29, 1.82) is 0 Å². The Labute approximate surface area is 109 Å². The van der Waals surface area contributed by atoms with Crippen LogP contribution < -0.4 is 5.32 Å². The van der Waals surface area contributed by atoms with E-state index in [9.17, 15) is 0 Å². The molecule has 1 aromatic heterocycles. The monoisotopic (exact) mass is 243 g/mol. The molecule has 0 spiro atoms. The molecule has 0 aliphatic carbocycles. The highest BCUT2D eigenvalue weighted by Crippen LogP contribution is 2.04. The lowest BCUT2D eigenvalue weighted by atomic mass is 10.2. The van der Waals surface area contributed by atoms with E-state index in [-0.39, 0.29) is 0 Å². The van der Waals surface area contributed by atoms with Gasteiger partial charge in [-0.3, -0.25) is 0 Å². The maximum atomic E-state index is 4.31. The van der Waals surface area contributed by atoms with Gasteiger partial charge >= 0.3 is 0 Å². The van der Waals surface area contributed by atoms with Gasteiger partial charge in [0.25, 0.3) is 0 Å². The number of aryl methyl sites for hydroxylation is 2. The molecule has 1 N–H and O–H groups in total. The van der Waals surface area contributed by atoms with Gasteiger partial charge in [-0.15, -0.1) is 0 Å². The lowest BCUT2D eigenvalue weighted by Gasteiger charge is -2.08. The molecule has 0 atom stereocenters. The molecule has 3 nitrogen and oxygen atoms in total. The average Bonchev–Trinajstić information content (AvgIpc) is 2.71. The summed E-state index contributed by atoms with van der Waals surface area (Å²) in [7, 11) is 0. The van der Waals surface area contributed by atoms with E-state index in [1.807, 2.05) is 12.3 Å². The first kappa shape index (κ1) is 12.8. The van der Waals surface area contributed by atoms with Crippen LogP contribution in [0.3, 0.4) is 0 Å². The molecule has 0 saturated heterocycles. The molecule has 0 aliphatic heterocycles. The lowest BCUT2D eigenvalue weighted by molar-refractivity contribution is 0.565. The van der Waals surface area contributed by atoms with E-state index in [0.717, 1.165) is 31.9 Å². The zero-order chi connectivity index (χ0) is 12.8. The molecule has 0 amide bonds. The molecule has 18 heavy (non-hydrogen) atoms. The van der Waals surface area contributed by atoms with Crippen molar-refractivity contribution in [3.63, 3.8) is 0 Å². The summed E-state index contributed by atoms with van der Waals surface area (Å²) in [4.78, 5) is 4.31. The summed E-state index contributed by atoms with van der Waals surface area (Å²) < 4.78 is 2.27. The maximum absolute atomic E-state index is 4.31. The Hall–Kier alpha value is -1.61. The van der Waals surface area contributed by atoms with Crippen molar-refractivity contribution in [2.45, 2.75) is 33.4 Å². The molecule has 0 fully saturated rings. The third-order valence-corrected chi connectivity index (χ3v) is 3.16. The highest BCUT2D eigenvalue weighted by molar-refractivity contribution is 5.14. The van der Waals surface area contributed by atoms with Gasteiger partial charge in [0.1, 0.15) is 5.82 Å². The number of rotatable bonds is 6. The fourth-order valence-electron chi connectivity index (χ4n) is 2.11. The Morgan fingerprint density at radius 3 is 2.61 bits per heavy atom. The summed E-state index contributed by atoms with van der Waals surface area (Å²) in [6.45, 7) is 7.19. The van der Waals surface area contributed by atoms with E-state index in [0.29, 0.717) is 0 Å². The van der Waals surface area contributed by atoms with Crippen LogP contribution in [0, 0.1) is 13.8 Å². The van der Waals surface area contributed by atoms with E-state index in [2.05, 4.69) is 53.0 Å². The van der Waals surface area contributed by atoms with Crippen LogP contribution in [-0.4, -0.2) is 16.1 Å². The van der Waals surface area contributed by atoms with E-state index >= 15 is 0 Å². The largest absolute Gasteiger partial charge is 0.333 e. The first-order valence-electron chi connectivity index (χ1n) is 6.51. The van der Waals surface area contributed by atoms with Gasteiger partial charge in [-0.1, -0.05) is 30.3 Å². The molecule has 0 aliphatic rings. The van der Waals surface area contributed by atoms with E-state index in [1.54, 1.807) is 0 Å². The van der Waals surface area contributed by atoms with Gasteiger partial charge < -0.3 is 9.88 Å². The van der Waals surface area contributed by atoms with Crippen LogP contribution in [0.4, 0.5) is 0 Å². The quantitative estimate of drug-likeness (QED) is 0.791. The van der Waals surface area contributed by atoms with Crippen molar-refractivity contribution >= 4 is 0 Å². The average molecular weight is 243 g/mol. The molecule has 96 valence electrons.